The first-order chi connectivity index (χ1) is 8.86. The van der Waals surface area contributed by atoms with Crippen LogP contribution in [0.2, 0.25) is 0 Å². The Labute approximate surface area is 118 Å². The van der Waals surface area contributed by atoms with E-state index in [-0.39, 0.29) is 16.3 Å². The molecule has 106 valence electrons. The Morgan fingerprint density at radius 1 is 1.47 bits per heavy atom. The average molecular weight is 306 g/mol. The molecular formula is C13H17ClFNO2S. The fourth-order valence-electron chi connectivity index (χ4n) is 2.30. The van der Waals surface area contributed by atoms with Crippen LogP contribution in [0.4, 0.5) is 4.39 Å². The molecular weight excluding hydrogens is 289 g/mol. The summed E-state index contributed by atoms with van der Waals surface area (Å²) in [6.07, 6.45) is 0.843. The highest BCUT2D eigenvalue weighted by atomic mass is 35.5. The maximum Gasteiger partial charge on any atom is 0.243 e. The third-order valence-corrected chi connectivity index (χ3v) is 5.82. The minimum Gasteiger partial charge on any atom is -0.207 e. The molecule has 2 rings (SSSR count). The van der Waals surface area contributed by atoms with Crippen LogP contribution in [0.1, 0.15) is 24.5 Å². The fraction of sp³-hybridized carbons (Fsp3) is 0.538. The van der Waals surface area contributed by atoms with Gasteiger partial charge in [-0.2, -0.15) is 4.31 Å². The molecule has 0 bridgehead atoms. The van der Waals surface area contributed by atoms with Crippen molar-refractivity contribution >= 4 is 21.6 Å². The summed E-state index contributed by atoms with van der Waals surface area (Å²) >= 11 is 5.68. The SMILES string of the molecule is Cc1c(F)cc(CCl)cc1S(=O)(=O)N1CCC(C)C1. The normalized spacial score (nSPS) is 20.9. The Hall–Kier alpha value is -0.650. The monoisotopic (exact) mass is 305 g/mol. The van der Waals surface area contributed by atoms with Crippen LogP contribution in [-0.4, -0.2) is 25.8 Å². The van der Waals surface area contributed by atoms with Gasteiger partial charge in [0.15, 0.2) is 0 Å². The van der Waals surface area contributed by atoms with Crippen molar-refractivity contribution in [2.45, 2.75) is 31.0 Å². The van der Waals surface area contributed by atoms with Crippen LogP contribution in [0.15, 0.2) is 17.0 Å². The molecule has 1 aromatic rings. The van der Waals surface area contributed by atoms with Gasteiger partial charge >= 0.3 is 0 Å². The van der Waals surface area contributed by atoms with Gasteiger partial charge in [-0.05, 0) is 37.0 Å². The van der Waals surface area contributed by atoms with E-state index in [1.807, 2.05) is 6.92 Å². The van der Waals surface area contributed by atoms with Gasteiger partial charge in [-0.25, -0.2) is 12.8 Å². The van der Waals surface area contributed by atoms with Crippen molar-refractivity contribution in [3.05, 3.63) is 29.1 Å². The van der Waals surface area contributed by atoms with E-state index in [0.29, 0.717) is 24.6 Å². The van der Waals surface area contributed by atoms with E-state index < -0.39 is 15.8 Å². The second kappa shape index (κ2) is 5.38. The van der Waals surface area contributed by atoms with Crippen LogP contribution in [0.25, 0.3) is 0 Å². The topological polar surface area (TPSA) is 37.4 Å². The molecule has 0 spiro atoms. The lowest BCUT2D eigenvalue weighted by atomic mass is 10.1. The molecule has 1 heterocycles. The summed E-state index contributed by atoms with van der Waals surface area (Å²) < 4.78 is 40.3. The van der Waals surface area contributed by atoms with Crippen LogP contribution >= 0.6 is 11.6 Å². The maximum atomic E-state index is 13.8. The maximum absolute atomic E-state index is 13.8. The molecule has 0 radical (unpaired) electrons. The zero-order valence-corrected chi connectivity index (χ0v) is 12.6. The minimum absolute atomic E-state index is 0.0391. The van der Waals surface area contributed by atoms with Gasteiger partial charge in [-0.15, -0.1) is 11.6 Å². The third-order valence-electron chi connectivity index (χ3n) is 3.52. The molecule has 1 saturated heterocycles. The van der Waals surface area contributed by atoms with Crippen molar-refractivity contribution < 1.29 is 12.8 Å². The molecule has 3 nitrogen and oxygen atoms in total. The van der Waals surface area contributed by atoms with Crippen molar-refractivity contribution in [2.75, 3.05) is 13.1 Å². The van der Waals surface area contributed by atoms with Crippen molar-refractivity contribution in [3.63, 3.8) is 0 Å². The van der Waals surface area contributed by atoms with E-state index in [1.54, 1.807) is 0 Å². The van der Waals surface area contributed by atoms with E-state index in [0.717, 1.165) is 6.42 Å². The largest absolute Gasteiger partial charge is 0.243 e. The van der Waals surface area contributed by atoms with Crippen molar-refractivity contribution in [1.29, 1.82) is 0 Å². The van der Waals surface area contributed by atoms with E-state index in [1.165, 1.54) is 23.4 Å². The molecule has 1 aliphatic rings. The molecule has 1 unspecified atom stereocenters. The fourth-order valence-corrected chi connectivity index (χ4v) is 4.32. The average Bonchev–Trinajstić information content (AvgIpc) is 2.79. The number of nitrogens with zero attached hydrogens (tertiary/aromatic N) is 1. The van der Waals surface area contributed by atoms with E-state index >= 15 is 0 Å². The van der Waals surface area contributed by atoms with Gasteiger partial charge < -0.3 is 0 Å². The second-order valence-corrected chi connectivity index (χ2v) is 7.26. The Morgan fingerprint density at radius 3 is 2.68 bits per heavy atom. The summed E-state index contributed by atoms with van der Waals surface area (Å²) in [4.78, 5) is 0.0391. The molecule has 1 aromatic carbocycles. The van der Waals surface area contributed by atoms with Crippen molar-refractivity contribution in [3.8, 4) is 0 Å². The molecule has 19 heavy (non-hydrogen) atoms. The van der Waals surface area contributed by atoms with E-state index in [4.69, 9.17) is 11.6 Å². The third kappa shape index (κ3) is 2.78. The highest BCUT2D eigenvalue weighted by Crippen LogP contribution is 2.28. The van der Waals surface area contributed by atoms with Crippen molar-refractivity contribution in [1.82, 2.24) is 4.31 Å². The Kier molecular flexibility index (Phi) is 4.18. The molecule has 0 aliphatic carbocycles. The quantitative estimate of drug-likeness (QED) is 0.805. The molecule has 1 aliphatic heterocycles. The first-order valence-corrected chi connectivity index (χ1v) is 8.19. The number of halogens is 2. The molecule has 0 aromatic heterocycles. The second-order valence-electron chi connectivity index (χ2n) is 5.09. The van der Waals surface area contributed by atoms with Gasteiger partial charge in [-0.3, -0.25) is 0 Å². The molecule has 0 saturated carbocycles. The number of hydrogen-bond acceptors (Lipinski definition) is 2. The lowest BCUT2D eigenvalue weighted by molar-refractivity contribution is 0.463. The first kappa shape index (κ1) is 14.8. The number of rotatable bonds is 3. The Balaban J connectivity index is 2.48. The van der Waals surface area contributed by atoms with Crippen LogP contribution in [0.3, 0.4) is 0 Å². The molecule has 0 N–H and O–H groups in total. The van der Waals surface area contributed by atoms with Gasteiger partial charge in [0.25, 0.3) is 0 Å². The number of benzene rings is 1. The smallest absolute Gasteiger partial charge is 0.207 e. The highest BCUT2D eigenvalue weighted by Gasteiger charge is 2.32. The van der Waals surface area contributed by atoms with Gasteiger partial charge in [0.1, 0.15) is 5.82 Å². The molecule has 6 heteroatoms. The Morgan fingerprint density at radius 2 is 2.16 bits per heavy atom. The zero-order valence-electron chi connectivity index (χ0n) is 11.0. The predicted octanol–water partition coefficient (Wildman–Crippen LogP) is 2.90. The van der Waals surface area contributed by atoms with Crippen LogP contribution in [0, 0.1) is 18.7 Å². The number of sulfonamides is 1. The first-order valence-electron chi connectivity index (χ1n) is 6.21. The summed E-state index contributed by atoms with van der Waals surface area (Å²) in [7, 11) is -3.62. The van der Waals surface area contributed by atoms with Gasteiger partial charge in [-0.1, -0.05) is 6.92 Å². The lowest BCUT2D eigenvalue weighted by Crippen LogP contribution is -2.29. The summed E-state index contributed by atoms with van der Waals surface area (Å²) in [5.41, 5.74) is 0.643. The van der Waals surface area contributed by atoms with Crippen LogP contribution in [0.5, 0.6) is 0 Å². The van der Waals surface area contributed by atoms with Crippen LogP contribution < -0.4 is 0 Å². The number of alkyl halides is 1. The molecule has 1 fully saturated rings. The lowest BCUT2D eigenvalue weighted by Gasteiger charge is -2.18. The summed E-state index contributed by atoms with van der Waals surface area (Å²) in [6, 6.07) is 2.76. The highest BCUT2D eigenvalue weighted by molar-refractivity contribution is 7.89. The summed E-state index contributed by atoms with van der Waals surface area (Å²) in [5.74, 6) is -0.0871. The van der Waals surface area contributed by atoms with E-state index in [2.05, 4.69) is 0 Å². The summed E-state index contributed by atoms with van der Waals surface area (Å²) in [6.45, 7) is 4.49. The minimum atomic E-state index is -3.62. The Bertz CT molecular complexity index is 589. The van der Waals surface area contributed by atoms with Crippen molar-refractivity contribution in [2.24, 2.45) is 5.92 Å². The van der Waals surface area contributed by atoms with Crippen LogP contribution in [-0.2, 0) is 15.9 Å². The van der Waals surface area contributed by atoms with Gasteiger partial charge in [0.2, 0.25) is 10.0 Å². The predicted molar refractivity (Wildman–Crippen MR) is 73.2 cm³/mol. The van der Waals surface area contributed by atoms with Gasteiger partial charge in [0.05, 0.1) is 4.90 Å². The van der Waals surface area contributed by atoms with E-state index in [9.17, 15) is 12.8 Å². The molecule has 0 amide bonds. The summed E-state index contributed by atoms with van der Waals surface area (Å²) in [5, 5.41) is 0. The molecule has 1 atom stereocenters. The number of hydrogen-bond donors (Lipinski definition) is 0. The van der Waals surface area contributed by atoms with Gasteiger partial charge in [0, 0.05) is 24.5 Å². The standard InChI is InChI=1S/C13H17ClFNO2S/c1-9-3-4-16(8-9)19(17,18)13-6-11(7-14)5-12(15)10(13)2/h5-6,9H,3-4,7-8H2,1-2H3. The zero-order chi connectivity index (χ0) is 14.2.